The van der Waals surface area contributed by atoms with E-state index in [-0.39, 0.29) is 18.7 Å². The Morgan fingerprint density at radius 2 is 1.77 bits per heavy atom. The molecule has 0 aliphatic carbocycles. The Hall–Kier alpha value is -1.91. The second kappa shape index (κ2) is 7.37. The van der Waals surface area contributed by atoms with Crippen molar-refractivity contribution in [3.63, 3.8) is 0 Å². The molecule has 2 aromatic rings. The van der Waals surface area contributed by atoms with Crippen LogP contribution in [0.25, 0.3) is 0 Å². The lowest BCUT2D eigenvalue weighted by Crippen LogP contribution is -2.35. The van der Waals surface area contributed by atoms with Gasteiger partial charge in [0.05, 0.1) is 17.5 Å². The van der Waals surface area contributed by atoms with Crippen LogP contribution in [0.5, 0.6) is 0 Å². The van der Waals surface area contributed by atoms with Gasteiger partial charge in [-0.15, -0.1) is 0 Å². The summed E-state index contributed by atoms with van der Waals surface area (Å²) >= 11 is 0. The van der Waals surface area contributed by atoms with Crippen LogP contribution in [0.15, 0.2) is 42.5 Å². The van der Waals surface area contributed by atoms with Gasteiger partial charge in [-0.25, -0.2) is 13.1 Å². The number of hydrogen-bond donors (Lipinski definition) is 4. The van der Waals surface area contributed by atoms with Crippen LogP contribution in [0.1, 0.15) is 6.42 Å². The maximum atomic E-state index is 14.3. The van der Waals surface area contributed by atoms with Crippen molar-refractivity contribution >= 4 is 28.0 Å². The molecule has 142 valence electrons. The Morgan fingerprint density at radius 1 is 1.08 bits per heavy atom. The van der Waals surface area contributed by atoms with Gasteiger partial charge in [0.2, 0.25) is 0 Å². The number of nitrogens with zero attached hydrogens (tertiary/aromatic N) is 2. The van der Waals surface area contributed by atoms with Crippen LogP contribution in [0.2, 0.25) is 0 Å². The molecular weight excluding hydrogens is 364 g/mol. The minimum Gasteiger partial charge on any atom is -0.392 e. The molecule has 0 amide bonds. The van der Waals surface area contributed by atoms with Gasteiger partial charge in [-0.05, 0) is 48.7 Å². The lowest BCUT2D eigenvalue weighted by molar-refractivity contribution is 0.167. The van der Waals surface area contributed by atoms with Crippen LogP contribution in [-0.2, 0) is 0 Å². The molecule has 6 nitrogen and oxygen atoms in total. The summed E-state index contributed by atoms with van der Waals surface area (Å²) in [7, 11) is -1.96. The predicted octanol–water partition coefficient (Wildman–Crippen LogP) is 3.47. The summed E-state index contributed by atoms with van der Waals surface area (Å²) in [6.45, 7) is 0.493. The minimum absolute atomic E-state index is 0.135. The van der Waals surface area contributed by atoms with Gasteiger partial charge in [-0.3, -0.25) is 13.4 Å². The standard InChI is InChI=1S/C17H21F2N3O3S/c1-20-11-13(23)8-9-21-15-4-2-3-5-16(15)22(26(21,24)25)17-10-12(18)6-7-14(17)19/h2-7,10,13,20,23-25H,8-9,11H2,1H3/t13-/m0/s1. The van der Waals surface area contributed by atoms with E-state index in [1.807, 2.05) is 0 Å². The van der Waals surface area contributed by atoms with Gasteiger partial charge < -0.3 is 10.4 Å². The summed E-state index contributed by atoms with van der Waals surface area (Å²) in [5.74, 6) is -1.45. The number of hydrogen-bond acceptors (Lipinski definition) is 6. The van der Waals surface area contributed by atoms with Gasteiger partial charge in [0, 0.05) is 19.2 Å². The summed E-state index contributed by atoms with van der Waals surface area (Å²) in [4.78, 5) is 0. The summed E-state index contributed by atoms with van der Waals surface area (Å²) in [5, 5.41) is 12.8. The fourth-order valence-electron chi connectivity index (χ4n) is 2.96. The number of para-hydroxylation sites is 2. The number of aliphatic hydroxyl groups is 1. The monoisotopic (exact) mass is 385 g/mol. The topological polar surface area (TPSA) is 79.2 Å². The van der Waals surface area contributed by atoms with E-state index < -0.39 is 28.7 Å². The highest BCUT2D eigenvalue weighted by Gasteiger charge is 2.42. The fourth-order valence-corrected chi connectivity index (χ4v) is 4.75. The first-order valence-corrected chi connectivity index (χ1v) is 9.55. The van der Waals surface area contributed by atoms with Crippen molar-refractivity contribution in [3.05, 3.63) is 54.1 Å². The number of nitrogens with one attached hydrogen (secondary N) is 1. The van der Waals surface area contributed by atoms with Gasteiger partial charge in [-0.2, -0.15) is 0 Å². The first-order valence-electron chi connectivity index (χ1n) is 8.09. The highest BCUT2D eigenvalue weighted by molar-refractivity contribution is 8.27. The van der Waals surface area contributed by atoms with Gasteiger partial charge in [0.1, 0.15) is 17.3 Å². The lowest BCUT2D eigenvalue weighted by atomic mass is 10.2. The molecule has 0 saturated carbocycles. The van der Waals surface area contributed by atoms with E-state index in [1.165, 1.54) is 4.31 Å². The maximum Gasteiger partial charge on any atom is 0.148 e. The second-order valence-electron chi connectivity index (χ2n) is 5.97. The third kappa shape index (κ3) is 3.36. The number of aliphatic hydroxyl groups excluding tert-OH is 1. The Bertz CT molecular complexity index is 794. The quantitative estimate of drug-likeness (QED) is 0.610. The summed E-state index contributed by atoms with van der Waals surface area (Å²) in [6, 6.07) is 9.53. The zero-order chi connectivity index (χ0) is 18.9. The Labute approximate surface area is 152 Å². The summed E-state index contributed by atoms with van der Waals surface area (Å²) in [6.07, 6.45) is -0.410. The van der Waals surface area contributed by atoms with Crippen LogP contribution in [0.3, 0.4) is 0 Å². The Balaban J connectivity index is 2.00. The van der Waals surface area contributed by atoms with Crippen molar-refractivity contribution in [1.29, 1.82) is 0 Å². The molecule has 0 aromatic heterocycles. The molecule has 0 saturated heterocycles. The molecule has 9 heteroatoms. The molecule has 2 aromatic carbocycles. The molecule has 0 bridgehead atoms. The Kier molecular flexibility index (Phi) is 5.35. The van der Waals surface area contributed by atoms with Crippen LogP contribution in [-0.4, -0.2) is 40.5 Å². The SMILES string of the molecule is CNC[C@@H](O)CCN1c2ccccc2N(c2cc(F)ccc2F)S1(O)O. The lowest BCUT2D eigenvalue weighted by Gasteiger charge is -2.44. The highest BCUT2D eigenvalue weighted by Crippen LogP contribution is 2.64. The van der Waals surface area contributed by atoms with Crippen molar-refractivity contribution in [1.82, 2.24) is 5.32 Å². The maximum absolute atomic E-state index is 14.3. The van der Waals surface area contributed by atoms with E-state index in [2.05, 4.69) is 5.32 Å². The molecule has 4 N–H and O–H groups in total. The van der Waals surface area contributed by atoms with Crippen LogP contribution < -0.4 is 13.9 Å². The summed E-state index contributed by atoms with van der Waals surface area (Å²) in [5.41, 5.74) is 0.587. The van der Waals surface area contributed by atoms with Gasteiger partial charge in [0.25, 0.3) is 0 Å². The van der Waals surface area contributed by atoms with Crippen LogP contribution in [0, 0.1) is 11.6 Å². The van der Waals surface area contributed by atoms with Crippen molar-refractivity contribution in [2.75, 3.05) is 28.7 Å². The van der Waals surface area contributed by atoms with Gasteiger partial charge in [0.15, 0.2) is 0 Å². The number of halogens is 2. The Morgan fingerprint density at radius 3 is 2.46 bits per heavy atom. The van der Waals surface area contributed by atoms with E-state index in [0.717, 1.165) is 22.5 Å². The smallest absolute Gasteiger partial charge is 0.148 e. The number of fused-ring (bicyclic) bond motifs is 1. The molecule has 1 heterocycles. The number of likely N-dealkylation sites (N-methyl/N-ethyl adjacent to an activating group) is 1. The number of rotatable bonds is 6. The molecule has 26 heavy (non-hydrogen) atoms. The third-order valence-corrected chi connectivity index (χ3v) is 6.00. The molecule has 1 aliphatic rings. The van der Waals surface area contributed by atoms with Crippen LogP contribution >= 0.6 is 11.0 Å². The highest BCUT2D eigenvalue weighted by atomic mass is 32.3. The minimum atomic E-state index is -3.66. The van der Waals surface area contributed by atoms with E-state index in [1.54, 1.807) is 31.3 Å². The zero-order valence-corrected chi connectivity index (χ0v) is 15.0. The number of anilines is 3. The number of benzene rings is 2. The molecule has 1 atom stereocenters. The van der Waals surface area contributed by atoms with E-state index in [9.17, 15) is 23.0 Å². The molecule has 1 aliphatic heterocycles. The average Bonchev–Trinajstić information content (AvgIpc) is 2.81. The van der Waals surface area contributed by atoms with Crippen molar-refractivity contribution in [3.8, 4) is 0 Å². The van der Waals surface area contributed by atoms with Crippen molar-refractivity contribution in [2.45, 2.75) is 12.5 Å². The molecule has 3 rings (SSSR count). The van der Waals surface area contributed by atoms with Gasteiger partial charge >= 0.3 is 0 Å². The van der Waals surface area contributed by atoms with Gasteiger partial charge in [-0.1, -0.05) is 12.1 Å². The molecule has 0 radical (unpaired) electrons. The molecule has 0 fully saturated rings. The first kappa shape index (κ1) is 18.9. The fraction of sp³-hybridized carbons (Fsp3) is 0.294. The predicted molar refractivity (Wildman–Crippen MR) is 99.7 cm³/mol. The van der Waals surface area contributed by atoms with Crippen LogP contribution in [0.4, 0.5) is 25.8 Å². The summed E-state index contributed by atoms with van der Waals surface area (Å²) < 4.78 is 52.0. The van der Waals surface area contributed by atoms with Crippen molar-refractivity contribution < 1.29 is 23.0 Å². The zero-order valence-electron chi connectivity index (χ0n) is 14.1. The van der Waals surface area contributed by atoms with E-state index in [4.69, 9.17) is 0 Å². The van der Waals surface area contributed by atoms with E-state index >= 15 is 0 Å². The first-order chi connectivity index (χ1) is 12.4. The normalized spacial score (nSPS) is 17.9. The van der Waals surface area contributed by atoms with Crippen molar-refractivity contribution in [2.24, 2.45) is 0 Å². The second-order valence-corrected chi connectivity index (χ2v) is 7.76. The molecule has 0 spiro atoms. The molecular formula is C17H21F2N3O3S. The average molecular weight is 385 g/mol. The largest absolute Gasteiger partial charge is 0.392 e. The molecule has 0 unspecified atom stereocenters. The van der Waals surface area contributed by atoms with E-state index in [0.29, 0.717) is 17.9 Å². The third-order valence-electron chi connectivity index (χ3n) is 4.14.